The highest BCUT2D eigenvalue weighted by Gasteiger charge is 2.27. The van der Waals surface area contributed by atoms with Crippen molar-refractivity contribution in [3.63, 3.8) is 0 Å². The lowest BCUT2D eigenvalue weighted by Crippen LogP contribution is -3.11. The van der Waals surface area contributed by atoms with Gasteiger partial charge in [-0.2, -0.15) is 9.78 Å². The van der Waals surface area contributed by atoms with Gasteiger partial charge in [0.05, 0.1) is 19.3 Å². The minimum Gasteiger partial charge on any atom is -0.378 e. The van der Waals surface area contributed by atoms with Gasteiger partial charge < -0.3 is 10.6 Å². The van der Waals surface area contributed by atoms with E-state index in [2.05, 4.69) is 35.8 Å². The second-order valence-electron chi connectivity index (χ2n) is 6.98. The predicted molar refractivity (Wildman–Crippen MR) is 103 cm³/mol. The maximum atomic E-state index is 13.7. The van der Waals surface area contributed by atoms with E-state index in [1.807, 2.05) is 0 Å². The van der Waals surface area contributed by atoms with Gasteiger partial charge in [0, 0.05) is 5.56 Å². The van der Waals surface area contributed by atoms with Gasteiger partial charge in [-0.1, -0.05) is 23.4 Å². The standard InChI is InChI=1S/C18H20FN9O2/c19-13-7-3-2-6-12(13)10-21-23-18(29)15-14(11-27-8-4-1-5-9-27)28(26-22-15)17-16(20)24-30-25-17/h2-3,6-7,10H,1,4-5,8-9,11H2,(H2,20,24)(H,23,29)/p+1. The first kappa shape index (κ1) is 19.6. The van der Waals surface area contributed by atoms with E-state index >= 15 is 0 Å². The molecule has 1 aromatic carbocycles. The number of hydrazone groups is 1. The number of nitrogens with zero attached hydrogens (tertiary/aromatic N) is 6. The fourth-order valence-electron chi connectivity index (χ4n) is 3.40. The van der Waals surface area contributed by atoms with Crippen molar-refractivity contribution in [3.05, 3.63) is 47.0 Å². The zero-order chi connectivity index (χ0) is 20.9. The molecule has 1 saturated heterocycles. The smallest absolute Gasteiger partial charge is 0.294 e. The minimum absolute atomic E-state index is 0.0410. The van der Waals surface area contributed by atoms with E-state index in [0.717, 1.165) is 25.9 Å². The van der Waals surface area contributed by atoms with Crippen LogP contribution < -0.4 is 16.1 Å². The summed E-state index contributed by atoms with van der Waals surface area (Å²) in [4.78, 5) is 14.0. The van der Waals surface area contributed by atoms with E-state index in [-0.39, 0.29) is 22.9 Å². The van der Waals surface area contributed by atoms with Crippen molar-refractivity contribution in [1.82, 2.24) is 30.7 Å². The maximum absolute atomic E-state index is 13.7. The van der Waals surface area contributed by atoms with Crippen molar-refractivity contribution in [2.45, 2.75) is 25.8 Å². The van der Waals surface area contributed by atoms with E-state index in [1.54, 1.807) is 18.2 Å². The molecule has 0 radical (unpaired) electrons. The molecule has 1 aliphatic rings. The molecule has 0 spiro atoms. The minimum atomic E-state index is -0.574. The molecule has 12 heteroatoms. The van der Waals surface area contributed by atoms with Crippen molar-refractivity contribution < 1.29 is 18.7 Å². The van der Waals surface area contributed by atoms with Gasteiger partial charge in [-0.25, -0.2) is 14.4 Å². The molecule has 30 heavy (non-hydrogen) atoms. The van der Waals surface area contributed by atoms with Gasteiger partial charge in [-0.05, 0) is 35.6 Å². The van der Waals surface area contributed by atoms with Gasteiger partial charge in [0.15, 0.2) is 5.69 Å². The Morgan fingerprint density at radius 3 is 2.83 bits per heavy atom. The number of nitrogens with one attached hydrogen (secondary N) is 2. The number of halogens is 1. The van der Waals surface area contributed by atoms with Crippen molar-refractivity contribution in [2.24, 2.45) is 5.10 Å². The molecule has 3 aromatic rings. The highest BCUT2D eigenvalue weighted by molar-refractivity contribution is 5.94. The topological polar surface area (TPSA) is 142 Å². The van der Waals surface area contributed by atoms with Crippen LogP contribution >= 0.6 is 0 Å². The summed E-state index contributed by atoms with van der Waals surface area (Å²) in [7, 11) is 0. The van der Waals surface area contributed by atoms with Crippen LogP contribution in [0.3, 0.4) is 0 Å². The molecule has 0 aliphatic carbocycles. The largest absolute Gasteiger partial charge is 0.378 e. The lowest BCUT2D eigenvalue weighted by molar-refractivity contribution is -0.918. The Kier molecular flexibility index (Phi) is 5.75. The Morgan fingerprint density at radius 1 is 1.30 bits per heavy atom. The zero-order valence-corrected chi connectivity index (χ0v) is 16.1. The van der Waals surface area contributed by atoms with Crippen molar-refractivity contribution in [1.29, 1.82) is 0 Å². The first-order valence-corrected chi connectivity index (χ1v) is 9.58. The molecule has 156 valence electrons. The first-order chi connectivity index (χ1) is 14.6. The van der Waals surface area contributed by atoms with Crippen molar-refractivity contribution >= 4 is 17.9 Å². The van der Waals surface area contributed by atoms with Gasteiger partial charge in [-0.3, -0.25) is 4.79 Å². The zero-order valence-electron chi connectivity index (χ0n) is 16.1. The van der Waals surface area contributed by atoms with E-state index < -0.39 is 11.7 Å². The molecule has 4 N–H and O–H groups in total. The number of quaternary nitrogens is 1. The summed E-state index contributed by atoms with van der Waals surface area (Å²) in [5.41, 5.74) is 9.03. The molecule has 3 heterocycles. The highest BCUT2D eigenvalue weighted by atomic mass is 19.1. The number of rotatable bonds is 6. The number of amides is 1. The number of carbonyl (C=O) groups excluding carboxylic acids is 1. The number of benzene rings is 1. The summed E-state index contributed by atoms with van der Waals surface area (Å²) >= 11 is 0. The molecule has 1 aliphatic heterocycles. The van der Waals surface area contributed by atoms with Crippen LogP contribution in [0.15, 0.2) is 34.0 Å². The number of piperidine rings is 1. The van der Waals surface area contributed by atoms with E-state index in [4.69, 9.17) is 5.73 Å². The van der Waals surface area contributed by atoms with Crippen LogP contribution in [0.1, 0.15) is 41.0 Å². The number of hydrogen-bond donors (Lipinski definition) is 3. The Morgan fingerprint density at radius 2 is 2.10 bits per heavy atom. The fraction of sp³-hybridized carbons (Fsp3) is 0.333. The second kappa shape index (κ2) is 8.78. The van der Waals surface area contributed by atoms with Gasteiger partial charge in [0.2, 0.25) is 11.6 Å². The average Bonchev–Trinajstić information content (AvgIpc) is 3.36. The van der Waals surface area contributed by atoms with E-state index in [0.29, 0.717) is 12.2 Å². The molecule has 0 unspecified atom stereocenters. The van der Waals surface area contributed by atoms with Crippen molar-refractivity contribution in [3.8, 4) is 5.82 Å². The predicted octanol–water partition coefficient (Wildman–Crippen LogP) is -0.296. The molecule has 0 saturated carbocycles. The number of nitrogen functional groups attached to an aromatic ring is 1. The Balaban J connectivity index is 1.58. The third-order valence-corrected chi connectivity index (χ3v) is 4.93. The summed E-state index contributed by atoms with van der Waals surface area (Å²) in [6, 6.07) is 6.11. The first-order valence-electron chi connectivity index (χ1n) is 9.58. The van der Waals surface area contributed by atoms with Crippen LogP contribution in [0.2, 0.25) is 0 Å². The van der Waals surface area contributed by atoms with Crippen LogP contribution in [0.4, 0.5) is 10.2 Å². The summed E-state index contributed by atoms with van der Waals surface area (Å²) in [5, 5.41) is 19.2. The Bertz CT molecular complexity index is 1060. The van der Waals surface area contributed by atoms with Gasteiger partial charge in [-0.15, -0.1) is 5.10 Å². The molecule has 0 bridgehead atoms. The number of hydrogen-bond acceptors (Lipinski definition) is 8. The van der Waals surface area contributed by atoms with Gasteiger partial charge >= 0.3 is 0 Å². The van der Waals surface area contributed by atoms with Crippen LogP contribution in [0, 0.1) is 5.82 Å². The second-order valence-corrected chi connectivity index (χ2v) is 6.98. The van der Waals surface area contributed by atoms with Crippen LogP contribution in [-0.2, 0) is 6.54 Å². The normalized spacial score (nSPS) is 15.0. The van der Waals surface area contributed by atoms with Crippen LogP contribution in [0.5, 0.6) is 0 Å². The maximum Gasteiger partial charge on any atom is 0.294 e. The molecule has 4 rings (SSSR count). The fourth-order valence-corrected chi connectivity index (χ4v) is 3.40. The van der Waals surface area contributed by atoms with Gasteiger partial charge in [0.25, 0.3) is 5.91 Å². The van der Waals surface area contributed by atoms with Crippen LogP contribution in [0.25, 0.3) is 5.82 Å². The molecular weight excluding hydrogens is 393 g/mol. The Labute approximate surface area is 170 Å². The molecule has 11 nitrogen and oxygen atoms in total. The van der Waals surface area contributed by atoms with Gasteiger partial charge in [0.1, 0.15) is 18.1 Å². The summed E-state index contributed by atoms with van der Waals surface area (Å²) in [5.74, 6) is -0.803. The third kappa shape index (κ3) is 4.17. The monoisotopic (exact) mass is 414 g/mol. The molecule has 0 atom stereocenters. The quantitative estimate of drug-likeness (QED) is 0.371. The number of aromatic nitrogens is 5. The number of carbonyl (C=O) groups is 1. The molecule has 1 amide bonds. The third-order valence-electron chi connectivity index (χ3n) is 4.93. The molecular formula is C18H21FN9O2+. The molecule has 2 aromatic heterocycles. The summed E-state index contributed by atoms with van der Waals surface area (Å²) in [6.07, 6.45) is 4.64. The number of likely N-dealkylation sites (tertiary alicyclic amines) is 1. The number of anilines is 1. The van der Waals surface area contributed by atoms with E-state index in [1.165, 1.54) is 28.3 Å². The van der Waals surface area contributed by atoms with Crippen LogP contribution in [-0.4, -0.2) is 50.5 Å². The lowest BCUT2D eigenvalue weighted by Gasteiger charge is -2.23. The molecule has 1 fully saturated rings. The average molecular weight is 414 g/mol. The summed E-state index contributed by atoms with van der Waals surface area (Å²) in [6.45, 7) is 2.45. The highest BCUT2D eigenvalue weighted by Crippen LogP contribution is 2.15. The lowest BCUT2D eigenvalue weighted by atomic mass is 10.1. The van der Waals surface area contributed by atoms with Crippen molar-refractivity contribution in [2.75, 3.05) is 18.8 Å². The summed E-state index contributed by atoms with van der Waals surface area (Å²) < 4.78 is 19.7. The van der Waals surface area contributed by atoms with E-state index in [9.17, 15) is 9.18 Å². The SMILES string of the molecule is Nc1nonc1-n1nnc(C(=O)NN=Cc2ccccc2F)c1C[NH+]1CCCCC1. The Hall–Kier alpha value is -3.67. The number of nitrogens with two attached hydrogens (primary N) is 1.